The van der Waals surface area contributed by atoms with Crippen molar-refractivity contribution in [2.24, 2.45) is 0 Å². The van der Waals surface area contributed by atoms with E-state index in [-0.39, 0.29) is 0 Å². The van der Waals surface area contributed by atoms with Gasteiger partial charge in [-0.25, -0.2) is 4.90 Å². The third-order valence-corrected chi connectivity index (χ3v) is 11.0. The number of aromatic nitrogens is 1. The highest BCUT2D eigenvalue weighted by molar-refractivity contribution is 6.37. The standard InChI is InChI=1S/C52H30N4O2/c53-31-33-11-7-17-37(27-33)39-23-25-43-44-26-24-40(38-18-8-12-34(28-38)32-54)30-48(44)55(47(43)29-39)46-22-10-21-45-49(46)52(58)56(51(45)57)50-41(35-13-3-1-4-14-35)19-9-20-42(50)36-15-5-2-6-16-36/h1-30H. The molecule has 1 aliphatic rings. The summed E-state index contributed by atoms with van der Waals surface area (Å²) in [6.07, 6.45) is 0. The Hall–Kier alpha value is -8.32. The van der Waals surface area contributed by atoms with Crippen LogP contribution < -0.4 is 4.90 Å². The van der Waals surface area contributed by atoms with Gasteiger partial charge in [0.05, 0.1) is 56.8 Å². The van der Waals surface area contributed by atoms with Crippen molar-refractivity contribution >= 4 is 39.3 Å². The van der Waals surface area contributed by atoms with Crippen LogP contribution in [0, 0.1) is 22.7 Å². The lowest BCUT2D eigenvalue weighted by molar-refractivity contribution is 0.0926. The highest BCUT2D eigenvalue weighted by atomic mass is 16.2. The van der Waals surface area contributed by atoms with Gasteiger partial charge in [0.1, 0.15) is 0 Å². The van der Waals surface area contributed by atoms with Crippen LogP contribution >= 0.6 is 0 Å². The lowest BCUT2D eigenvalue weighted by atomic mass is 9.95. The molecule has 0 saturated carbocycles. The molecule has 0 fully saturated rings. The van der Waals surface area contributed by atoms with Crippen LogP contribution in [0.5, 0.6) is 0 Å². The van der Waals surface area contributed by atoms with E-state index in [4.69, 9.17) is 0 Å². The van der Waals surface area contributed by atoms with E-state index < -0.39 is 11.8 Å². The molecule has 1 aliphatic heterocycles. The van der Waals surface area contributed by atoms with E-state index in [1.807, 2.05) is 140 Å². The SMILES string of the molecule is N#Cc1cccc(-c2ccc3c4ccc(-c5cccc(C#N)c5)cc4n(-c4cccc5c4C(=O)N(c4c(-c6ccccc6)cccc4-c4ccccc4)C5=O)c3c2)c1. The first-order chi connectivity index (χ1) is 28.5. The third-order valence-electron chi connectivity index (χ3n) is 11.0. The van der Waals surface area contributed by atoms with Gasteiger partial charge in [0.25, 0.3) is 11.8 Å². The number of benzene rings is 8. The van der Waals surface area contributed by atoms with E-state index in [0.717, 1.165) is 66.3 Å². The molecule has 1 aromatic heterocycles. The molecule has 0 aliphatic carbocycles. The molecule has 0 N–H and O–H groups in total. The molecule has 2 amide bonds. The number of amides is 2. The molecule has 2 heterocycles. The van der Waals surface area contributed by atoms with E-state index in [1.165, 1.54) is 4.90 Å². The van der Waals surface area contributed by atoms with Crippen molar-refractivity contribution in [3.8, 4) is 62.3 Å². The molecule has 8 aromatic carbocycles. The van der Waals surface area contributed by atoms with Crippen LogP contribution in [-0.4, -0.2) is 16.4 Å². The minimum absolute atomic E-state index is 0.307. The van der Waals surface area contributed by atoms with Crippen molar-refractivity contribution < 1.29 is 9.59 Å². The number of rotatable bonds is 6. The van der Waals surface area contributed by atoms with Crippen molar-refractivity contribution in [2.45, 2.75) is 0 Å². The second-order valence-corrected chi connectivity index (χ2v) is 14.3. The Kier molecular flexibility index (Phi) is 8.11. The summed E-state index contributed by atoms with van der Waals surface area (Å²) >= 11 is 0. The van der Waals surface area contributed by atoms with Crippen molar-refractivity contribution in [1.29, 1.82) is 10.5 Å². The molecule has 58 heavy (non-hydrogen) atoms. The number of imide groups is 1. The molecule has 9 aromatic rings. The topological polar surface area (TPSA) is 89.9 Å². The first-order valence-electron chi connectivity index (χ1n) is 18.9. The maximum Gasteiger partial charge on any atom is 0.268 e. The van der Waals surface area contributed by atoms with Crippen LogP contribution in [-0.2, 0) is 0 Å². The fourth-order valence-corrected chi connectivity index (χ4v) is 8.32. The van der Waals surface area contributed by atoms with Gasteiger partial charge in [-0.1, -0.05) is 133 Å². The van der Waals surface area contributed by atoms with Crippen LogP contribution in [0.4, 0.5) is 5.69 Å². The molecule has 0 bridgehead atoms. The van der Waals surface area contributed by atoms with Crippen LogP contribution in [0.3, 0.4) is 0 Å². The maximum atomic E-state index is 15.3. The molecular formula is C52H30N4O2. The van der Waals surface area contributed by atoms with E-state index >= 15 is 4.79 Å². The number of anilines is 1. The van der Waals surface area contributed by atoms with Crippen LogP contribution in [0.2, 0.25) is 0 Å². The Labute approximate surface area is 334 Å². The first-order valence-corrected chi connectivity index (χ1v) is 18.9. The quantitative estimate of drug-likeness (QED) is 0.159. The molecule has 270 valence electrons. The zero-order valence-corrected chi connectivity index (χ0v) is 30.9. The average Bonchev–Trinajstić information content (AvgIpc) is 3.75. The second kappa shape index (κ2) is 13.8. The number of nitrogens with zero attached hydrogens (tertiary/aromatic N) is 4. The number of carbonyl (C=O) groups is 2. The van der Waals surface area contributed by atoms with Gasteiger partial charge >= 0.3 is 0 Å². The maximum absolute atomic E-state index is 15.3. The monoisotopic (exact) mass is 742 g/mol. The summed E-state index contributed by atoms with van der Waals surface area (Å²) in [6.45, 7) is 0. The van der Waals surface area contributed by atoms with Gasteiger partial charge in [-0.2, -0.15) is 10.5 Å². The van der Waals surface area contributed by atoms with E-state index in [0.29, 0.717) is 33.6 Å². The Morgan fingerprint density at radius 1 is 0.397 bits per heavy atom. The highest BCUT2D eigenvalue weighted by Crippen LogP contribution is 2.45. The zero-order valence-electron chi connectivity index (χ0n) is 30.9. The van der Waals surface area contributed by atoms with E-state index in [1.54, 1.807) is 18.2 Å². The lowest BCUT2D eigenvalue weighted by Gasteiger charge is -2.23. The van der Waals surface area contributed by atoms with Gasteiger partial charge in [0.2, 0.25) is 0 Å². The fourth-order valence-electron chi connectivity index (χ4n) is 8.32. The summed E-state index contributed by atoms with van der Waals surface area (Å²) in [4.78, 5) is 31.5. The van der Waals surface area contributed by atoms with Gasteiger partial charge in [0, 0.05) is 21.9 Å². The number of para-hydroxylation sites is 1. The Balaban J connectivity index is 1.23. The van der Waals surface area contributed by atoms with E-state index in [2.05, 4.69) is 41.0 Å². The summed E-state index contributed by atoms with van der Waals surface area (Å²) in [7, 11) is 0. The normalized spacial score (nSPS) is 12.1. The molecule has 0 unspecified atom stereocenters. The number of hydrogen-bond donors (Lipinski definition) is 0. The first kappa shape index (κ1) is 34.2. The van der Waals surface area contributed by atoms with Crippen molar-refractivity contribution in [3.63, 3.8) is 0 Å². The second-order valence-electron chi connectivity index (χ2n) is 14.3. The minimum Gasteiger partial charge on any atom is -0.308 e. The molecule has 0 spiro atoms. The molecule has 6 nitrogen and oxygen atoms in total. The van der Waals surface area contributed by atoms with Crippen molar-refractivity contribution in [1.82, 2.24) is 4.57 Å². The Bertz CT molecular complexity index is 3070. The van der Waals surface area contributed by atoms with Gasteiger partial charge in [-0.05, 0) is 81.9 Å². The van der Waals surface area contributed by atoms with Gasteiger partial charge in [-0.15, -0.1) is 0 Å². The van der Waals surface area contributed by atoms with Crippen LogP contribution in [0.15, 0.2) is 182 Å². The van der Waals surface area contributed by atoms with Crippen LogP contribution in [0.1, 0.15) is 31.8 Å². The molecule has 0 atom stereocenters. The smallest absolute Gasteiger partial charge is 0.268 e. The molecule has 10 rings (SSSR count). The van der Waals surface area contributed by atoms with Gasteiger partial charge < -0.3 is 4.57 Å². The van der Waals surface area contributed by atoms with Gasteiger partial charge in [0.15, 0.2) is 0 Å². The summed E-state index contributed by atoms with van der Waals surface area (Å²) in [5, 5.41) is 21.3. The van der Waals surface area contributed by atoms with Gasteiger partial charge in [-0.3, -0.25) is 9.59 Å². The number of fused-ring (bicyclic) bond motifs is 4. The third kappa shape index (κ3) is 5.48. The summed E-state index contributed by atoms with van der Waals surface area (Å²) in [5.74, 6) is -0.812. The summed E-state index contributed by atoms with van der Waals surface area (Å²) in [5.41, 5.74) is 11.4. The number of hydrogen-bond acceptors (Lipinski definition) is 4. The van der Waals surface area contributed by atoms with Crippen molar-refractivity contribution in [3.05, 3.63) is 204 Å². The number of carbonyl (C=O) groups excluding carboxylic acids is 2. The molecule has 0 radical (unpaired) electrons. The van der Waals surface area contributed by atoms with Crippen LogP contribution in [0.25, 0.3) is 72.0 Å². The minimum atomic E-state index is -0.415. The largest absolute Gasteiger partial charge is 0.308 e. The highest BCUT2D eigenvalue weighted by Gasteiger charge is 2.41. The van der Waals surface area contributed by atoms with E-state index in [9.17, 15) is 15.3 Å². The molecular weight excluding hydrogens is 713 g/mol. The molecule has 6 heteroatoms. The predicted octanol–water partition coefficient (Wildman–Crippen LogP) is 12.0. The zero-order chi connectivity index (χ0) is 39.3. The summed E-state index contributed by atoms with van der Waals surface area (Å²) < 4.78 is 2.08. The molecule has 0 saturated heterocycles. The average molecular weight is 743 g/mol. The van der Waals surface area contributed by atoms with Crippen molar-refractivity contribution in [2.75, 3.05) is 4.90 Å². The fraction of sp³-hybridized carbons (Fsp3) is 0. The lowest BCUT2D eigenvalue weighted by Crippen LogP contribution is -2.30. The number of nitriles is 2. The Morgan fingerprint density at radius 3 is 1.36 bits per heavy atom. The Morgan fingerprint density at radius 2 is 0.845 bits per heavy atom. The predicted molar refractivity (Wildman–Crippen MR) is 230 cm³/mol. The summed E-state index contributed by atoms with van der Waals surface area (Å²) in [6, 6.07) is 62.9.